The zero-order chi connectivity index (χ0) is 21.0. The molecule has 0 bridgehead atoms. The normalized spacial score (nSPS) is 15.0. The fourth-order valence-electron chi connectivity index (χ4n) is 3.21. The highest BCUT2D eigenvalue weighted by atomic mass is 35.5. The highest BCUT2D eigenvalue weighted by Gasteiger charge is 2.29. The van der Waals surface area contributed by atoms with Gasteiger partial charge in [-0.25, -0.2) is 8.42 Å². The van der Waals surface area contributed by atoms with Gasteiger partial charge in [0.2, 0.25) is 15.9 Å². The second-order valence-electron chi connectivity index (χ2n) is 6.79. The third kappa shape index (κ3) is 4.95. The molecule has 2 aromatic rings. The van der Waals surface area contributed by atoms with Gasteiger partial charge >= 0.3 is 0 Å². The van der Waals surface area contributed by atoms with Gasteiger partial charge in [0.25, 0.3) is 5.91 Å². The van der Waals surface area contributed by atoms with Crippen molar-refractivity contribution in [2.45, 2.75) is 31.1 Å². The topological polar surface area (TPSA) is 95.6 Å². The molecule has 2 N–H and O–H groups in total. The molecule has 0 atom stereocenters. The average molecular weight is 436 g/mol. The number of hydrogen-bond acceptors (Lipinski definition) is 4. The highest BCUT2D eigenvalue weighted by Crippen LogP contribution is 2.28. The van der Waals surface area contributed by atoms with Crippen LogP contribution >= 0.6 is 11.6 Å². The summed E-state index contributed by atoms with van der Waals surface area (Å²) >= 11 is 6.20. The number of nitrogens with one attached hydrogen (secondary N) is 2. The fraction of sp³-hybridized carbons (Fsp3) is 0.300. The molecule has 0 unspecified atom stereocenters. The maximum absolute atomic E-state index is 13.1. The van der Waals surface area contributed by atoms with Crippen LogP contribution in [0.3, 0.4) is 0 Å². The molecular weight excluding hydrogens is 414 g/mol. The molecule has 1 aliphatic heterocycles. The number of sulfonamides is 1. The Labute approximate surface area is 175 Å². The number of rotatable bonds is 5. The minimum absolute atomic E-state index is 0.0228. The monoisotopic (exact) mass is 435 g/mol. The molecule has 154 valence electrons. The molecule has 2 amide bonds. The number of hydrogen-bond donors (Lipinski definition) is 2. The molecule has 9 heteroatoms. The van der Waals surface area contributed by atoms with Crippen LogP contribution < -0.4 is 10.6 Å². The van der Waals surface area contributed by atoms with Crippen LogP contribution in [0.25, 0.3) is 0 Å². The number of benzene rings is 2. The molecule has 2 aromatic carbocycles. The van der Waals surface area contributed by atoms with E-state index in [4.69, 9.17) is 11.6 Å². The van der Waals surface area contributed by atoms with Gasteiger partial charge in [0.15, 0.2) is 0 Å². The molecule has 0 radical (unpaired) electrons. The molecule has 0 aromatic heterocycles. The molecule has 0 aliphatic carbocycles. The summed E-state index contributed by atoms with van der Waals surface area (Å²) in [6.07, 6.45) is 2.62. The van der Waals surface area contributed by atoms with E-state index in [-0.39, 0.29) is 21.4 Å². The SMILES string of the molecule is CC(=O)Nc1ccc(NC(=O)c2ccccc2S(=O)(=O)N2CCCCC2)c(Cl)c1. The Kier molecular flexibility index (Phi) is 6.56. The van der Waals surface area contributed by atoms with Gasteiger partial charge in [0, 0.05) is 25.7 Å². The zero-order valence-electron chi connectivity index (χ0n) is 15.9. The molecule has 3 rings (SSSR count). The standard InChI is InChI=1S/C20H22ClN3O4S/c1-14(25)22-15-9-10-18(17(21)13-15)23-20(26)16-7-3-4-8-19(16)29(27,28)24-11-5-2-6-12-24/h3-4,7-10,13H,2,5-6,11-12H2,1H3,(H,22,25)(H,23,26). The average Bonchev–Trinajstić information content (AvgIpc) is 2.70. The molecule has 0 saturated carbocycles. The first-order valence-electron chi connectivity index (χ1n) is 9.27. The Morgan fingerprint density at radius 3 is 2.34 bits per heavy atom. The van der Waals surface area contributed by atoms with Gasteiger partial charge in [-0.2, -0.15) is 4.31 Å². The maximum atomic E-state index is 13.1. The largest absolute Gasteiger partial charge is 0.326 e. The van der Waals surface area contributed by atoms with Crippen LogP contribution in [0.15, 0.2) is 47.4 Å². The fourth-order valence-corrected chi connectivity index (χ4v) is 5.14. The number of anilines is 2. The third-order valence-electron chi connectivity index (χ3n) is 4.60. The summed E-state index contributed by atoms with van der Waals surface area (Å²) in [7, 11) is -3.77. The van der Waals surface area contributed by atoms with E-state index in [2.05, 4.69) is 10.6 Å². The van der Waals surface area contributed by atoms with Crippen LogP contribution in [0.2, 0.25) is 5.02 Å². The summed E-state index contributed by atoms with van der Waals surface area (Å²) in [6, 6.07) is 10.8. The predicted octanol–water partition coefficient (Wildman–Crippen LogP) is 3.73. The van der Waals surface area contributed by atoms with Crippen LogP contribution in [0.1, 0.15) is 36.5 Å². The number of piperidine rings is 1. The van der Waals surface area contributed by atoms with E-state index in [0.29, 0.717) is 24.5 Å². The molecule has 1 heterocycles. The Hall–Kier alpha value is -2.42. The lowest BCUT2D eigenvalue weighted by Gasteiger charge is -2.26. The van der Waals surface area contributed by atoms with Crippen LogP contribution in [0, 0.1) is 0 Å². The number of carbonyl (C=O) groups is 2. The van der Waals surface area contributed by atoms with Crippen LogP contribution in [0.4, 0.5) is 11.4 Å². The predicted molar refractivity (Wildman–Crippen MR) is 113 cm³/mol. The lowest BCUT2D eigenvalue weighted by molar-refractivity contribution is -0.114. The first-order valence-corrected chi connectivity index (χ1v) is 11.1. The van der Waals surface area contributed by atoms with Crippen LogP contribution in [-0.4, -0.2) is 37.6 Å². The summed E-state index contributed by atoms with van der Waals surface area (Å²) in [5.41, 5.74) is 0.865. The van der Waals surface area contributed by atoms with Gasteiger partial charge in [-0.15, -0.1) is 0 Å². The van der Waals surface area contributed by atoms with Crippen LogP contribution in [-0.2, 0) is 14.8 Å². The number of carbonyl (C=O) groups excluding carboxylic acids is 2. The number of nitrogens with zero attached hydrogens (tertiary/aromatic N) is 1. The van der Waals surface area contributed by atoms with Gasteiger partial charge in [-0.05, 0) is 43.2 Å². The molecule has 1 aliphatic rings. The Balaban J connectivity index is 1.86. The van der Waals surface area contributed by atoms with E-state index in [1.165, 1.54) is 29.4 Å². The van der Waals surface area contributed by atoms with E-state index < -0.39 is 15.9 Å². The molecule has 0 spiro atoms. The second kappa shape index (κ2) is 8.94. The summed E-state index contributed by atoms with van der Waals surface area (Å²) < 4.78 is 27.5. The maximum Gasteiger partial charge on any atom is 0.257 e. The minimum atomic E-state index is -3.77. The molecule has 7 nitrogen and oxygen atoms in total. The lowest BCUT2D eigenvalue weighted by atomic mass is 10.2. The molecule has 29 heavy (non-hydrogen) atoms. The highest BCUT2D eigenvalue weighted by molar-refractivity contribution is 7.89. The van der Waals surface area contributed by atoms with Crippen LogP contribution in [0.5, 0.6) is 0 Å². The molecule has 1 fully saturated rings. The van der Waals surface area contributed by atoms with E-state index in [1.807, 2.05) is 0 Å². The molecule has 1 saturated heterocycles. The van der Waals surface area contributed by atoms with E-state index >= 15 is 0 Å². The van der Waals surface area contributed by atoms with E-state index in [9.17, 15) is 18.0 Å². The van der Waals surface area contributed by atoms with Crippen molar-refractivity contribution in [3.63, 3.8) is 0 Å². The van der Waals surface area contributed by atoms with Crippen molar-refractivity contribution in [2.24, 2.45) is 0 Å². The Morgan fingerprint density at radius 2 is 1.69 bits per heavy atom. The Morgan fingerprint density at radius 1 is 1.00 bits per heavy atom. The van der Waals surface area contributed by atoms with Crippen molar-refractivity contribution < 1.29 is 18.0 Å². The number of amides is 2. The van der Waals surface area contributed by atoms with Gasteiger partial charge < -0.3 is 10.6 Å². The van der Waals surface area contributed by atoms with E-state index in [1.54, 1.807) is 24.3 Å². The van der Waals surface area contributed by atoms with Crippen molar-refractivity contribution in [1.29, 1.82) is 0 Å². The van der Waals surface area contributed by atoms with Crippen molar-refractivity contribution >= 4 is 44.8 Å². The van der Waals surface area contributed by atoms with Gasteiger partial charge in [-0.3, -0.25) is 9.59 Å². The Bertz CT molecular complexity index is 1030. The summed E-state index contributed by atoms with van der Waals surface area (Å²) in [6.45, 7) is 2.28. The van der Waals surface area contributed by atoms with Gasteiger partial charge in [0.05, 0.1) is 21.2 Å². The summed E-state index contributed by atoms with van der Waals surface area (Å²) in [4.78, 5) is 24.0. The van der Waals surface area contributed by atoms with Gasteiger partial charge in [-0.1, -0.05) is 30.2 Å². The molecular formula is C20H22ClN3O4S. The zero-order valence-corrected chi connectivity index (χ0v) is 17.5. The lowest BCUT2D eigenvalue weighted by Crippen LogP contribution is -2.36. The first-order chi connectivity index (χ1) is 13.8. The first kappa shape index (κ1) is 21.3. The minimum Gasteiger partial charge on any atom is -0.326 e. The third-order valence-corrected chi connectivity index (χ3v) is 6.87. The summed E-state index contributed by atoms with van der Waals surface area (Å²) in [5, 5.41) is 5.48. The second-order valence-corrected chi connectivity index (χ2v) is 9.10. The van der Waals surface area contributed by atoms with Gasteiger partial charge in [0.1, 0.15) is 0 Å². The quantitative estimate of drug-likeness (QED) is 0.748. The smallest absolute Gasteiger partial charge is 0.257 e. The van der Waals surface area contributed by atoms with Crippen molar-refractivity contribution in [3.05, 3.63) is 53.1 Å². The van der Waals surface area contributed by atoms with Crippen molar-refractivity contribution in [3.8, 4) is 0 Å². The van der Waals surface area contributed by atoms with Crippen molar-refractivity contribution in [1.82, 2.24) is 4.31 Å². The van der Waals surface area contributed by atoms with Crippen molar-refractivity contribution in [2.75, 3.05) is 23.7 Å². The number of halogens is 1. The van der Waals surface area contributed by atoms with E-state index in [0.717, 1.165) is 19.3 Å². The summed E-state index contributed by atoms with van der Waals surface area (Å²) in [5.74, 6) is -0.815.